The van der Waals surface area contributed by atoms with E-state index in [2.05, 4.69) is 5.10 Å². The van der Waals surface area contributed by atoms with Gasteiger partial charge in [0.15, 0.2) is 0 Å². The topological polar surface area (TPSA) is 86.4 Å². The number of carbonyl (C=O) groups is 2. The van der Waals surface area contributed by atoms with E-state index < -0.39 is 11.7 Å². The quantitative estimate of drug-likeness (QED) is 0.824. The van der Waals surface area contributed by atoms with Crippen LogP contribution in [-0.2, 0) is 16.1 Å². The lowest BCUT2D eigenvalue weighted by Crippen LogP contribution is -2.46. The highest BCUT2D eigenvalue weighted by molar-refractivity contribution is 5.92. The molecular formula is C19H24N4O4. The van der Waals surface area contributed by atoms with Crippen LogP contribution in [0.15, 0.2) is 41.5 Å². The minimum absolute atomic E-state index is 0.0432. The number of aromatic nitrogens is 3. The number of benzene rings is 1. The Labute approximate surface area is 157 Å². The molecule has 0 spiro atoms. The Hall–Kier alpha value is -2.90. The standard InChI is InChI=1S/C19H24N4O4/c1-19(2,3)27-18(26)22-10-9-15(11-16(22)24)23-17(25)21(13-20-23)12-14-7-5-4-6-8-14/h4-8,13,15H,9-12H2,1-3H3. The van der Waals surface area contributed by atoms with E-state index in [1.54, 1.807) is 20.8 Å². The molecule has 2 amide bonds. The van der Waals surface area contributed by atoms with E-state index >= 15 is 0 Å². The molecule has 2 heterocycles. The number of amides is 2. The third-order valence-corrected chi connectivity index (χ3v) is 4.31. The summed E-state index contributed by atoms with van der Waals surface area (Å²) in [7, 11) is 0. The second-order valence-corrected chi connectivity index (χ2v) is 7.64. The van der Waals surface area contributed by atoms with Crippen molar-refractivity contribution in [1.82, 2.24) is 19.2 Å². The molecule has 1 aliphatic rings. The van der Waals surface area contributed by atoms with E-state index in [0.29, 0.717) is 13.0 Å². The van der Waals surface area contributed by atoms with Crippen LogP contribution in [0.1, 0.15) is 45.2 Å². The van der Waals surface area contributed by atoms with E-state index in [-0.39, 0.29) is 30.6 Å². The highest BCUT2D eigenvalue weighted by Crippen LogP contribution is 2.23. The molecule has 1 aromatic carbocycles. The van der Waals surface area contributed by atoms with Gasteiger partial charge in [0.25, 0.3) is 0 Å². The molecule has 144 valence electrons. The zero-order chi connectivity index (χ0) is 19.6. The predicted octanol–water partition coefficient (Wildman–Crippen LogP) is 2.19. The first kappa shape index (κ1) is 18.9. The van der Waals surface area contributed by atoms with Crippen molar-refractivity contribution in [3.05, 3.63) is 52.7 Å². The van der Waals surface area contributed by atoms with Gasteiger partial charge in [0.1, 0.15) is 11.9 Å². The van der Waals surface area contributed by atoms with Crippen molar-refractivity contribution in [2.45, 2.75) is 51.8 Å². The second kappa shape index (κ2) is 7.38. The zero-order valence-electron chi connectivity index (χ0n) is 15.8. The van der Waals surface area contributed by atoms with Crippen molar-refractivity contribution in [3.63, 3.8) is 0 Å². The number of likely N-dealkylation sites (tertiary alicyclic amines) is 1. The first-order valence-electron chi connectivity index (χ1n) is 8.96. The molecule has 1 fully saturated rings. The summed E-state index contributed by atoms with van der Waals surface area (Å²) in [6, 6.07) is 9.26. The van der Waals surface area contributed by atoms with E-state index in [9.17, 15) is 14.4 Å². The molecule has 0 radical (unpaired) electrons. The summed E-state index contributed by atoms with van der Waals surface area (Å²) in [5, 5.41) is 4.18. The SMILES string of the molecule is CC(C)(C)OC(=O)N1CCC(n2ncn(Cc3ccccc3)c2=O)CC1=O. The molecule has 2 aromatic rings. The number of ether oxygens (including phenoxy) is 1. The lowest BCUT2D eigenvalue weighted by molar-refractivity contribution is -0.133. The molecule has 8 nitrogen and oxygen atoms in total. The number of imide groups is 1. The van der Waals surface area contributed by atoms with E-state index in [4.69, 9.17) is 4.74 Å². The molecular weight excluding hydrogens is 348 g/mol. The van der Waals surface area contributed by atoms with Crippen LogP contribution in [0.4, 0.5) is 4.79 Å². The molecule has 1 aliphatic heterocycles. The van der Waals surface area contributed by atoms with Gasteiger partial charge in [-0.25, -0.2) is 19.2 Å². The van der Waals surface area contributed by atoms with Crippen LogP contribution in [-0.4, -0.2) is 43.4 Å². The van der Waals surface area contributed by atoms with Crippen LogP contribution in [0.25, 0.3) is 0 Å². The van der Waals surface area contributed by atoms with Crippen LogP contribution >= 0.6 is 0 Å². The Morgan fingerprint density at radius 3 is 2.56 bits per heavy atom. The first-order valence-corrected chi connectivity index (χ1v) is 8.96. The fraction of sp³-hybridized carbons (Fsp3) is 0.474. The number of nitrogens with zero attached hydrogens (tertiary/aromatic N) is 4. The van der Waals surface area contributed by atoms with Crippen LogP contribution in [0, 0.1) is 0 Å². The minimum atomic E-state index is -0.665. The van der Waals surface area contributed by atoms with Gasteiger partial charge in [-0.15, -0.1) is 0 Å². The van der Waals surface area contributed by atoms with Gasteiger partial charge in [-0.2, -0.15) is 5.10 Å². The highest BCUT2D eigenvalue weighted by Gasteiger charge is 2.34. The average Bonchev–Trinajstić information content (AvgIpc) is 2.95. The Bertz CT molecular complexity index is 879. The minimum Gasteiger partial charge on any atom is -0.443 e. The van der Waals surface area contributed by atoms with E-state index in [0.717, 1.165) is 10.5 Å². The van der Waals surface area contributed by atoms with Gasteiger partial charge in [0.05, 0.1) is 19.0 Å². The van der Waals surface area contributed by atoms with Crippen molar-refractivity contribution >= 4 is 12.0 Å². The lowest BCUT2D eigenvalue weighted by Gasteiger charge is -2.31. The van der Waals surface area contributed by atoms with Crippen LogP contribution in [0.5, 0.6) is 0 Å². The molecule has 27 heavy (non-hydrogen) atoms. The molecule has 0 saturated carbocycles. The number of hydrogen-bond donors (Lipinski definition) is 0. The predicted molar refractivity (Wildman–Crippen MR) is 98.2 cm³/mol. The maximum atomic E-state index is 12.6. The Morgan fingerprint density at radius 2 is 1.93 bits per heavy atom. The number of piperidine rings is 1. The first-order chi connectivity index (χ1) is 12.7. The molecule has 0 bridgehead atoms. The van der Waals surface area contributed by atoms with Gasteiger partial charge >= 0.3 is 11.8 Å². The van der Waals surface area contributed by atoms with Gasteiger partial charge < -0.3 is 4.74 Å². The van der Waals surface area contributed by atoms with Crippen molar-refractivity contribution in [1.29, 1.82) is 0 Å². The third-order valence-electron chi connectivity index (χ3n) is 4.31. The van der Waals surface area contributed by atoms with E-state index in [1.165, 1.54) is 15.6 Å². The summed E-state index contributed by atoms with van der Waals surface area (Å²) in [4.78, 5) is 38.3. The third kappa shape index (κ3) is 4.45. The average molecular weight is 372 g/mol. The lowest BCUT2D eigenvalue weighted by atomic mass is 10.1. The summed E-state index contributed by atoms with van der Waals surface area (Å²) in [5.74, 6) is -0.356. The van der Waals surface area contributed by atoms with Crippen LogP contribution in [0.3, 0.4) is 0 Å². The molecule has 1 aromatic heterocycles. The number of rotatable bonds is 3. The monoisotopic (exact) mass is 372 g/mol. The highest BCUT2D eigenvalue weighted by atomic mass is 16.6. The normalized spacial score (nSPS) is 17.8. The van der Waals surface area contributed by atoms with Crippen LogP contribution in [0.2, 0.25) is 0 Å². The summed E-state index contributed by atoms with van der Waals surface area (Å²) in [6.45, 7) is 5.88. The van der Waals surface area contributed by atoms with Gasteiger partial charge in [-0.05, 0) is 32.8 Å². The number of carbonyl (C=O) groups excluding carboxylic acids is 2. The van der Waals surface area contributed by atoms with Crippen LogP contribution < -0.4 is 5.69 Å². The van der Waals surface area contributed by atoms with Crippen molar-refractivity contribution in [2.75, 3.05) is 6.54 Å². The van der Waals surface area contributed by atoms with E-state index in [1.807, 2.05) is 30.3 Å². The van der Waals surface area contributed by atoms with Gasteiger partial charge in [-0.3, -0.25) is 9.36 Å². The molecule has 1 atom stereocenters. The largest absolute Gasteiger partial charge is 0.443 e. The maximum Gasteiger partial charge on any atom is 0.417 e. The molecule has 8 heteroatoms. The Morgan fingerprint density at radius 1 is 1.22 bits per heavy atom. The molecule has 0 N–H and O–H groups in total. The van der Waals surface area contributed by atoms with Gasteiger partial charge in [-0.1, -0.05) is 30.3 Å². The Kier molecular flexibility index (Phi) is 5.16. The van der Waals surface area contributed by atoms with Crippen molar-refractivity contribution < 1.29 is 14.3 Å². The maximum absolute atomic E-state index is 12.6. The fourth-order valence-corrected chi connectivity index (χ4v) is 3.02. The smallest absolute Gasteiger partial charge is 0.417 e. The van der Waals surface area contributed by atoms with Crippen molar-refractivity contribution in [2.24, 2.45) is 0 Å². The molecule has 3 rings (SSSR count). The molecule has 1 unspecified atom stereocenters. The summed E-state index contributed by atoms with van der Waals surface area (Å²) >= 11 is 0. The summed E-state index contributed by atoms with van der Waals surface area (Å²) in [5.41, 5.74) is 0.0683. The summed E-state index contributed by atoms with van der Waals surface area (Å²) < 4.78 is 8.12. The zero-order valence-corrected chi connectivity index (χ0v) is 15.8. The van der Waals surface area contributed by atoms with Gasteiger partial charge in [0.2, 0.25) is 5.91 Å². The summed E-state index contributed by atoms with van der Waals surface area (Å²) in [6.07, 6.45) is 1.35. The Balaban J connectivity index is 1.68. The second-order valence-electron chi connectivity index (χ2n) is 7.64. The molecule has 1 saturated heterocycles. The number of hydrogen-bond acceptors (Lipinski definition) is 5. The van der Waals surface area contributed by atoms with Gasteiger partial charge in [0, 0.05) is 6.54 Å². The van der Waals surface area contributed by atoms with Crippen molar-refractivity contribution in [3.8, 4) is 0 Å². The fourth-order valence-electron chi connectivity index (χ4n) is 3.02. The molecule has 0 aliphatic carbocycles.